The van der Waals surface area contributed by atoms with Gasteiger partial charge in [-0.05, 0) is 31.9 Å². The Kier molecular flexibility index (Phi) is 11.5. The molecule has 1 heterocycles. The van der Waals surface area contributed by atoms with Crippen LogP contribution in [0.1, 0.15) is 50.1 Å². The predicted molar refractivity (Wildman–Crippen MR) is 124 cm³/mol. The summed E-state index contributed by atoms with van der Waals surface area (Å²) in [7, 11) is 1.76. The normalized spacial score (nSPS) is 11.1. The van der Waals surface area contributed by atoms with Crippen LogP contribution in [-0.4, -0.2) is 34.4 Å². The van der Waals surface area contributed by atoms with Gasteiger partial charge in [0.15, 0.2) is 11.8 Å². The molecule has 28 heavy (non-hydrogen) atoms. The van der Waals surface area contributed by atoms with Gasteiger partial charge in [-0.2, -0.15) is 0 Å². The standard InChI is InChI=1S/C20H32N6O.HI/c1-5-7-8-11-27-18-12-16(3)9-10-17(18)13-22-20(21-4)23-14-19-25-24-15-26(19)6-2;/h9-10,12,15H,5-8,11,13-14H2,1-4H3,(H2,21,22,23);1H. The first-order valence-electron chi connectivity index (χ1n) is 9.71. The Bertz CT molecular complexity index is 731. The van der Waals surface area contributed by atoms with Crippen molar-refractivity contribution in [3.63, 3.8) is 0 Å². The molecule has 0 unspecified atom stereocenters. The summed E-state index contributed by atoms with van der Waals surface area (Å²) in [6, 6.07) is 6.32. The number of benzene rings is 1. The van der Waals surface area contributed by atoms with Gasteiger partial charge in [-0.15, -0.1) is 34.2 Å². The average Bonchev–Trinajstić information content (AvgIpc) is 3.14. The fraction of sp³-hybridized carbons (Fsp3) is 0.550. The zero-order chi connectivity index (χ0) is 19.5. The Hall–Kier alpha value is -1.84. The second-order valence-corrected chi connectivity index (χ2v) is 6.48. The topological polar surface area (TPSA) is 76.4 Å². The van der Waals surface area contributed by atoms with Crippen molar-refractivity contribution in [2.75, 3.05) is 13.7 Å². The van der Waals surface area contributed by atoms with Gasteiger partial charge in [-0.3, -0.25) is 4.99 Å². The number of halogens is 1. The predicted octanol–water partition coefficient (Wildman–Crippen LogP) is 3.66. The molecule has 156 valence electrons. The van der Waals surface area contributed by atoms with Gasteiger partial charge in [0.1, 0.15) is 12.1 Å². The van der Waals surface area contributed by atoms with Gasteiger partial charge in [0.05, 0.1) is 13.2 Å². The van der Waals surface area contributed by atoms with Crippen LogP contribution in [0.15, 0.2) is 29.5 Å². The third-order valence-corrected chi connectivity index (χ3v) is 4.35. The number of unbranched alkanes of at least 4 members (excludes halogenated alkanes) is 2. The average molecular weight is 500 g/mol. The highest BCUT2D eigenvalue weighted by atomic mass is 127. The third-order valence-electron chi connectivity index (χ3n) is 4.35. The number of ether oxygens (including phenoxy) is 1. The van der Waals surface area contributed by atoms with Gasteiger partial charge in [-0.1, -0.05) is 31.9 Å². The Labute approximate surface area is 185 Å². The number of aromatic nitrogens is 3. The molecule has 0 aliphatic carbocycles. The molecule has 8 heteroatoms. The second kappa shape index (κ2) is 13.4. The lowest BCUT2D eigenvalue weighted by molar-refractivity contribution is 0.303. The van der Waals surface area contributed by atoms with Crippen LogP contribution in [0.5, 0.6) is 5.75 Å². The lowest BCUT2D eigenvalue weighted by Crippen LogP contribution is -2.37. The Morgan fingerprint density at radius 3 is 2.68 bits per heavy atom. The van der Waals surface area contributed by atoms with Gasteiger partial charge in [-0.25, -0.2) is 0 Å². The molecule has 1 aromatic heterocycles. The molecule has 0 fully saturated rings. The Morgan fingerprint density at radius 2 is 1.96 bits per heavy atom. The number of hydrogen-bond donors (Lipinski definition) is 2. The fourth-order valence-corrected chi connectivity index (χ4v) is 2.72. The summed E-state index contributed by atoms with van der Waals surface area (Å²) in [5, 5.41) is 14.7. The molecule has 2 N–H and O–H groups in total. The molecule has 0 saturated carbocycles. The molecule has 2 rings (SSSR count). The van der Waals surface area contributed by atoms with E-state index < -0.39 is 0 Å². The number of aliphatic imine (C=N–C) groups is 1. The van der Waals surface area contributed by atoms with Crippen LogP contribution in [-0.2, 0) is 19.6 Å². The van der Waals surface area contributed by atoms with Crippen LogP contribution in [0.4, 0.5) is 0 Å². The summed E-state index contributed by atoms with van der Waals surface area (Å²) >= 11 is 0. The summed E-state index contributed by atoms with van der Waals surface area (Å²) < 4.78 is 8.02. The van der Waals surface area contributed by atoms with Crippen molar-refractivity contribution < 1.29 is 4.74 Å². The van der Waals surface area contributed by atoms with Crippen LogP contribution < -0.4 is 15.4 Å². The van der Waals surface area contributed by atoms with E-state index in [1.807, 2.05) is 4.57 Å². The SMILES string of the molecule is CCCCCOc1cc(C)ccc1CNC(=NC)NCc1nncn1CC.I. The first-order chi connectivity index (χ1) is 13.2. The molecule has 7 nitrogen and oxygen atoms in total. The third kappa shape index (κ3) is 7.65. The van der Waals surface area contributed by atoms with Crippen molar-refractivity contribution in [3.05, 3.63) is 41.5 Å². The van der Waals surface area contributed by atoms with Crippen LogP contribution in [0.2, 0.25) is 0 Å². The monoisotopic (exact) mass is 500 g/mol. The van der Waals surface area contributed by atoms with Crippen molar-refractivity contribution >= 4 is 29.9 Å². The second-order valence-electron chi connectivity index (χ2n) is 6.48. The zero-order valence-corrected chi connectivity index (χ0v) is 19.7. The largest absolute Gasteiger partial charge is 0.493 e. The van der Waals surface area contributed by atoms with E-state index in [0.717, 1.165) is 42.7 Å². The van der Waals surface area contributed by atoms with Gasteiger partial charge in [0, 0.05) is 25.7 Å². The van der Waals surface area contributed by atoms with Crippen molar-refractivity contribution in [1.29, 1.82) is 0 Å². The molecule has 0 atom stereocenters. The van der Waals surface area contributed by atoms with Crippen LogP contribution in [0.3, 0.4) is 0 Å². The number of guanidine groups is 1. The molecule has 0 saturated heterocycles. The van der Waals surface area contributed by atoms with Gasteiger partial charge < -0.3 is 19.9 Å². The van der Waals surface area contributed by atoms with Gasteiger partial charge in [0.2, 0.25) is 0 Å². The summed E-state index contributed by atoms with van der Waals surface area (Å²) in [5.74, 6) is 2.55. The fourth-order valence-electron chi connectivity index (χ4n) is 2.72. The minimum absolute atomic E-state index is 0. The maximum atomic E-state index is 6.01. The van der Waals surface area contributed by atoms with Gasteiger partial charge >= 0.3 is 0 Å². The van der Waals surface area contributed by atoms with E-state index in [1.165, 1.54) is 18.4 Å². The molecule has 0 aliphatic heterocycles. The lowest BCUT2D eigenvalue weighted by Gasteiger charge is -2.15. The van der Waals surface area contributed by atoms with Crippen molar-refractivity contribution in [1.82, 2.24) is 25.4 Å². The molecule has 0 spiro atoms. The van der Waals surface area contributed by atoms with Crippen molar-refractivity contribution in [2.45, 2.75) is 59.7 Å². The van der Waals surface area contributed by atoms with Gasteiger partial charge in [0.25, 0.3) is 0 Å². The summed E-state index contributed by atoms with van der Waals surface area (Å²) in [5.41, 5.74) is 2.32. The first kappa shape index (κ1) is 24.2. The van der Waals surface area contributed by atoms with E-state index in [2.05, 4.69) is 64.8 Å². The molecule has 2 aromatic rings. The van der Waals surface area contributed by atoms with E-state index >= 15 is 0 Å². The number of nitrogens with zero attached hydrogens (tertiary/aromatic N) is 4. The van der Waals surface area contributed by atoms with Crippen LogP contribution in [0.25, 0.3) is 0 Å². The number of hydrogen-bond acceptors (Lipinski definition) is 4. The van der Waals surface area contributed by atoms with Crippen molar-refractivity contribution in [2.24, 2.45) is 4.99 Å². The molecule has 0 bridgehead atoms. The number of rotatable bonds is 10. The molecule has 1 aromatic carbocycles. The highest BCUT2D eigenvalue weighted by Gasteiger charge is 2.07. The van der Waals surface area contributed by atoms with E-state index in [1.54, 1.807) is 13.4 Å². The minimum atomic E-state index is 0. The number of nitrogens with one attached hydrogen (secondary N) is 2. The van der Waals surface area contributed by atoms with Crippen LogP contribution >= 0.6 is 24.0 Å². The maximum absolute atomic E-state index is 6.01. The Morgan fingerprint density at radius 1 is 1.18 bits per heavy atom. The minimum Gasteiger partial charge on any atom is -0.493 e. The molecular weight excluding hydrogens is 467 g/mol. The zero-order valence-electron chi connectivity index (χ0n) is 17.4. The first-order valence-corrected chi connectivity index (χ1v) is 9.71. The number of aryl methyl sites for hydroxylation is 2. The quantitative estimate of drug-likeness (QED) is 0.226. The molecule has 0 amide bonds. The molecule has 0 aliphatic rings. The van der Waals surface area contributed by atoms with Crippen LogP contribution in [0, 0.1) is 6.92 Å². The molecular formula is C20H33IN6O. The Balaban J connectivity index is 0.00000392. The smallest absolute Gasteiger partial charge is 0.191 e. The van der Waals surface area contributed by atoms with E-state index in [4.69, 9.17) is 4.74 Å². The summed E-state index contributed by atoms with van der Waals surface area (Å²) in [4.78, 5) is 4.29. The summed E-state index contributed by atoms with van der Waals surface area (Å²) in [6.07, 6.45) is 5.21. The highest BCUT2D eigenvalue weighted by molar-refractivity contribution is 14.0. The highest BCUT2D eigenvalue weighted by Crippen LogP contribution is 2.20. The summed E-state index contributed by atoms with van der Waals surface area (Å²) in [6.45, 7) is 9.16. The molecule has 0 radical (unpaired) electrons. The lowest BCUT2D eigenvalue weighted by atomic mass is 10.1. The van der Waals surface area contributed by atoms with E-state index in [-0.39, 0.29) is 24.0 Å². The van der Waals surface area contributed by atoms with E-state index in [9.17, 15) is 0 Å². The van der Waals surface area contributed by atoms with Crippen molar-refractivity contribution in [3.8, 4) is 5.75 Å². The van der Waals surface area contributed by atoms with E-state index in [0.29, 0.717) is 13.1 Å². The maximum Gasteiger partial charge on any atom is 0.191 e.